The number of aliphatic hydroxyl groups is 1. The first kappa shape index (κ1) is 17.5. The Hall–Kier alpha value is -3.31. The van der Waals surface area contributed by atoms with Crippen molar-refractivity contribution in [2.75, 3.05) is 13.2 Å². The van der Waals surface area contributed by atoms with Crippen LogP contribution >= 0.6 is 0 Å². The summed E-state index contributed by atoms with van der Waals surface area (Å²) in [4.78, 5) is 12.3. The van der Waals surface area contributed by atoms with E-state index in [-0.39, 0.29) is 24.7 Å². The third-order valence-corrected chi connectivity index (χ3v) is 3.89. The SMILES string of the molecule is O=C(OCCO)c1cc(-c2ccc(O)cc2)cc(-c2ccc(O)cc2)c1. The van der Waals surface area contributed by atoms with Crippen LogP contribution in [-0.4, -0.2) is 34.5 Å². The van der Waals surface area contributed by atoms with Crippen LogP contribution in [0.2, 0.25) is 0 Å². The van der Waals surface area contributed by atoms with Gasteiger partial charge in [0, 0.05) is 0 Å². The molecule has 132 valence electrons. The van der Waals surface area contributed by atoms with Crippen molar-refractivity contribution in [2.24, 2.45) is 0 Å². The molecule has 3 aromatic rings. The fourth-order valence-electron chi connectivity index (χ4n) is 2.61. The number of hydrogen-bond acceptors (Lipinski definition) is 5. The molecule has 3 N–H and O–H groups in total. The number of aromatic hydroxyl groups is 2. The summed E-state index contributed by atoms with van der Waals surface area (Å²) < 4.78 is 5.03. The van der Waals surface area contributed by atoms with Crippen molar-refractivity contribution in [3.63, 3.8) is 0 Å². The predicted molar refractivity (Wildman–Crippen MR) is 98.0 cm³/mol. The van der Waals surface area contributed by atoms with E-state index in [1.54, 1.807) is 60.7 Å². The number of phenolic OH excluding ortho intramolecular Hbond substituents is 2. The Kier molecular flexibility index (Phi) is 5.20. The van der Waals surface area contributed by atoms with Gasteiger partial charge in [-0.05, 0) is 64.7 Å². The van der Waals surface area contributed by atoms with Gasteiger partial charge >= 0.3 is 5.97 Å². The van der Waals surface area contributed by atoms with Gasteiger partial charge in [0.2, 0.25) is 0 Å². The van der Waals surface area contributed by atoms with Crippen LogP contribution in [0.1, 0.15) is 10.4 Å². The van der Waals surface area contributed by atoms with Gasteiger partial charge in [-0.25, -0.2) is 4.79 Å². The van der Waals surface area contributed by atoms with Gasteiger partial charge in [0.15, 0.2) is 0 Å². The van der Waals surface area contributed by atoms with E-state index in [0.717, 1.165) is 22.3 Å². The second-order valence-electron chi connectivity index (χ2n) is 5.75. The largest absolute Gasteiger partial charge is 0.508 e. The molecule has 0 radical (unpaired) electrons. The summed E-state index contributed by atoms with van der Waals surface area (Å²) in [5.41, 5.74) is 3.59. The maximum atomic E-state index is 12.3. The van der Waals surface area contributed by atoms with Gasteiger partial charge in [-0.15, -0.1) is 0 Å². The van der Waals surface area contributed by atoms with Gasteiger partial charge in [-0.3, -0.25) is 0 Å². The zero-order valence-corrected chi connectivity index (χ0v) is 13.9. The Bertz CT molecular complexity index is 835. The standard InChI is InChI=1S/C21H18O5/c22-9-10-26-21(25)18-12-16(14-1-5-19(23)6-2-14)11-17(13-18)15-3-7-20(24)8-4-15/h1-8,11-13,22-24H,9-10H2. The second-order valence-corrected chi connectivity index (χ2v) is 5.75. The molecule has 0 aliphatic rings. The fourth-order valence-corrected chi connectivity index (χ4v) is 2.61. The van der Waals surface area contributed by atoms with E-state index in [1.165, 1.54) is 0 Å². The number of esters is 1. The minimum absolute atomic E-state index is 0.0726. The van der Waals surface area contributed by atoms with Crippen LogP contribution in [0.15, 0.2) is 66.7 Å². The van der Waals surface area contributed by atoms with E-state index in [9.17, 15) is 15.0 Å². The van der Waals surface area contributed by atoms with Crippen molar-refractivity contribution in [3.8, 4) is 33.8 Å². The summed E-state index contributed by atoms with van der Waals surface area (Å²) in [6.45, 7) is -0.314. The lowest BCUT2D eigenvalue weighted by atomic mass is 9.96. The minimum Gasteiger partial charge on any atom is -0.508 e. The van der Waals surface area contributed by atoms with Crippen LogP contribution in [0.3, 0.4) is 0 Å². The molecule has 5 heteroatoms. The molecule has 0 aliphatic carbocycles. The number of benzene rings is 3. The third kappa shape index (κ3) is 4.02. The number of aliphatic hydroxyl groups excluding tert-OH is 1. The topological polar surface area (TPSA) is 87.0 Å². The first-order valence-corrected chi connectivity index (χ1v) is 8.09. The smallest absolute Gasteiger partial charge is 0.338 e. The normalized spacial score (nSPS) is 10.5. The molecular formula is C21H18O5. The number of ether oxygens (including phenoxy) is 1. The minimum atomic E-state index is -0.528. The summed E-state index contributed by atoms with van der Waals surface area (Å²) in [6.07, 6.45) is 0. The lowest BCUT2D eigenvalue weighted by Crippen LogP contribution is -2.09. The van der Waals surface area contributed by atoms with Crippen molar-refractivity contribution in [3.05, 3.63) is 72.3 Å². The highest BCUT2D eigenvalue weighted by Gasteiger charge is 2.12. The van der Waals surface area contributed by atoms with Crippen LogP contribution < -0.4 is 0 Å². The lowest BCUT2D eigenvalue weighted by Gasteiger charge is -2.11. The highest BCUT2D eigenvalue weighted by molar-refractivity contribution is 5.93. The number of carbonyl (C=O) groups is 1. The van der Waals surface area contributed by atoms with Crippen LogP contribution in [0, 0.1) is 0 Å². The Morgan fingerprint density at radius 3 is 1.62 bits per heavy atom. The van der Waals surface area contributed by atoms with E-state index in [0.29, 0.717) is 5.56 Å². The zero-order chi connectivity index (χ0) is 18.5. The van der Waals surface area contributed by atoms with Crippen molar-refractivity contribution in [2.45, 2.75) is 0 Å². The van der Waals surface area contributed by atoms with Crippen LogP contribution in [0.25, 0.3) is 22.3 Å². The van der Waals surface area contributed by atoms with Gasteiger partial charge < -0.3 is 20.1 Å². The molecule has 0 saturated carbocycles. The van der Waals surface area contributed by atoms with Crippen molar-refractivity contribution >= 4 is 5.97 Å². The number of hydrogen-bond donors (Lipinski definition) is 3. The highest BCUT2D eigenvalue weighted by Crippen LogP contribution is 2.30. The average molecular weight is 350 g/mol. The summed E-state index contributed by atoms with van der Waals surface area (Å²) in [6, 6.07) is 18.7. The first-order chi connectivity index (χ1) is 12.6. The van der Waals surface area contributed by atoms with E-state index in [2.05, 4.69) is 0 Å². The Morgan fingerprint density at radius 2 is 1.19 bits per heavy atom. The predicted octanol–water partition coefficient (Wildman–Crippen LogP) is 3.58. The van der Waals surface area contributed by atoms with E-state index < -0.39 is 5.97 Å². The lowest BCUT2D eigenvalue weighted by molar-refractivity contribution is 0.0434. The number of carbonyl (C=O) groups excluding carboxylic acids is 1. The van der Waals surface area contributed by atoms with E-state index in [4.69, 9.17) is 9.84 Å². The summed E-state index contributed by atoms with van der Waals surface area (Å²) >= 11 is 0. The quantitative estimate of drug-likeness (QED) is 0.612. The van der Waals surface area contributed by atoms with Gasteiger partial charge in [-0.1, -0.05) is 24.3 Å². The molecule has 0 amide bonds. The molecule has 0 fully saturated rings. The number of rotatable bonds is 5. The maximum Gasteiger partial charge on any atom is 0.338 e. The fraction of sp³-hybridized carbons (Fsp3) is 0.0952. The summed E-state index contributed by atoms with van der Waals surface area (Å²) in [5, 5.41) is 27.8. The molecule has 0 spiro atoms. The second kappa shape index (κ2) is 7.72. The summed E-state index contributed by atoms with van der Waals surface area (Å²) in [7, 11) is 0. The average Bonchev–Trinajstić information content (AvgIpc) is 2.67. The first-order valence-electron chi connectivity index (χ1n) is 8.09. The molecule has 3 rings (SSSR count). The van der Waals surface area contributed by atoms with Crippen molar-refractivity contribution < 1.29 is 24.9 Å². The molecule has 26 heavy (non-hydrogen) atoms. The molecule has 0 saturated heterocycles. The van der Waals surface area contributed by atoms with E-state index in [1.807, 2.05) is 6.07 Å². The molecule has 0 bridgehead atoms. The molecule has 0 atom stereocenters. The van der Waals surface area contributed by atoms with E-state index >= 15 is 0 Å². The summed E-state index contributed by atoms with van der Waals surface area (Å²) in [5.74, 6) is -0.211. The third-order valence-electron chi connectivity index (χ3n) is 3.89. The Morgan fingerprint density at radius 1 is 0.731 bits per heavy atom. The van der Waals surface area contributed by atoms with Gasteiger partial charge in [0.05, 0.1) is 12.2 Å². The molecule has 0 unspecified atom stereocenters. The number of phenols is 2. The molecule has 5 nitrogen and oxygen atoms in total. The molecule has 0 aromatic heterocycles. The molecule has 0 aliphatic heterocycles. The molecular weight excluding hydrogens is 332 g/mol. The molecule has 3 aromatic carbocycles. The molecule has 0 heterocycles. The monoisotopic (exact) mass is 350 g/mol. The van der Waals surface area contributed by atoms with Gasteiger partial charge in [0.25, 0.3) is 0 Å². The maximum absolute atomic E-state index is 12.3. The van der Waals surface area contributed by atoms with Crippen LogP contribution in [0.5, 0.6) is 11.5 Å². The highest BCUT2D eigenvalue weighted by atomic mass is 16.5. The Labute approximate surface area is 150 Å². The van der Waals surface area contributed by atoms with Crippen molar-refractivity contribution in [1.29, 1.82) is 0 Å². The zero-order valence-electron chi connectivity index (χ0n) is 13.9. The Balaban J connectivity index is 2.08. The van der Waals surface area contributed by atoms with Crippen molar-refractivity contribution in [1.82, 2.24) is 0 Å². The van der Waals surface area contributed by atoms with Gasteiger partial charge in [0.1, 0.15) is 18.1 Å². The van der Waals surface area contributed by atoms with Crippen LogP contribution in [-0.2, 0) is 4.74 Å². The van der Waals surface area contributed by atoms with Gasteiger partial charge in [-0.2, -0.15) is 0 Å². The van der Waals surface area contributed by atoms with Crippen LogP contribution in [0.4, 0.5) is 0 Å².